The highest BCUT2D eigenvalue weighted by Gasteiger charge is 2.54. The Bertz CT molecular complexity index is 732. The molecule has 27 heavy (non-hydrogen) atoms. The monoisotopic (exact) mass is 372 g/mol. The fourth-order valence-electron chi connectivity index (χ4n) is 5.10. The molecule has 2 amide bonds. The second-order valence-corrected chi connectivity index (χ2v) is 8.10. The van der Waals surface area contributed by atoms with Gasteiger partial charge in [0.2, 0.25) is 5.91 Å². The van der Waals surface area contributed by atoms with Crippen LogP contribution < -0.4 is 5.73 Å². The summed E-state index contributed by atoms with van der Waals surface area (Å²) in [7, 11) is 0. The minimum Gasteiger partial charge on any atom is -0.393 e. The van der Waals surface area contributed by atoms with E-state index in [1.165, 1.54) is 0 Å². The molecule has 0 aromatic carbocycles. The van der Waals surface area contributed by atoms with Crippen molar-refractivity contribution >= 4 is 17.6 Å². The summed E-state index contributed by atoms with van der Waals surface area (Å²) in [6, 6.07) is 5.22. The van der Waals surface area contributed by atoms with Gasteiger partial charge in [0, 0.05) is 19.1 Å². The van der Waals surface area contributed by atoms with Crippen molar-refractivity contribution in [3.63, 3.8) is 0 Å². The van der Waals surface area contributed by atoms with Crippen LogP contribution in [0.1, 0.15) is 61.9 Å². The van der Waals surface area contributed by atoms with Gasteiger partial charge in [0.15, 0.2) is 0 Å². The first-order valence-corrected chi connectivity index (χ1v) is 10.0. The molecule has 146 valence electrons. The van der Waals surface area contributed by atoms with Crippen LogP contribution in [0.2, 0.25) is 0 Å². The number of aromatic nitrogens is 1. The number of hydrogen-bond acceptors (Lipinski definition) is 5. The van der Waals surface area contributed by atoms with Gasteiger partial charge in [-0.15, -0.1) is 0 Å². The molecule has 1 unspecified atom stereocenters. The topological polar surface area (TPSA) is 99.8 Å². The van der Waals surface area contributed by atoms with Crippen molar-refractivity contribution in [1.29, 1.82) is 0 Å². The van der Waals surface area contributed by atoms with Gasteiger partial charge in [0.1, 0.15) is 17.1 Å². The molecule has 1 aliphatic carbocycles. The summed E-state index contributed by atoms with van der Waals surface area (Å²) in [6.07, 6.45) is 6.10. The number of piperidine rings is 1. The highest BCUT2D eigenvalue weighted by molar-refractivity contribution is 5.99. The van der Waals surface area contributed by atoms with Gasteiger partial charge in [-0.2, -0.15) is 0 Å². The summed E-state index contributed by atoms with van der Waals surface area (Å²) >= 11 is 0. The predicted octanol–water partition coefficient (Wildman–Crippen LogP) is 1.56. The smallest absolute Gasteiger partial charge is 0.273 e. The van der Waals surface area contributed by atoms with Gasteiger partial charge in [0.05, 0.1) is 6.10 Å². The van der Waals surface area contributed by atoms with E-state index in [-0.39, 0.29) is 24.0 Å². The minimum absolute atomic E-state index is 0.0879. The molecule has 3 aliphatic rings. The zero-order chi connectivity index (χ0) is 19.0. The first-order valence-electron chi connectivity index (χ1n) is 10.0. The van der Waals surface area contributed by atoms with Crippen LogP contribution in [-0.4, -0.2) is 62.5 Å². The molecule has 7 heteroatoms. The number of pyridine rings is 1. The van der Waals surface area contributed by atoms with Gasteiger partial charge in [-0.05, 0) is 63.5 Å². The Morgan fingerprint density at radius 3 is 2.56 bits per heavy atom. The van der Waals surface area contributed by atoms with E-state index in [1.807, 2.05) is 4.90 Å². The number of hydrogen-bond donors (Lipinski definition) is 2. The number of carbonyl (C=O) groups excluding carboxylic acids is 2. The normalized spacial score (nSPS) is 31.5. The molecule has 1 atom stereocenters. The van der Waals surface area contributed by atoms with E-state index in [0.717, 1.165) is 45.1 Å². The lowest BCUT2D eigenvalue weighted by Crippen LogP contribution is -2.63. The Hall–Kier alpha value is -2.15. The van der Waals surface area contributed by atoms with E-state index in [4.69, 9.17) is 5.73 Å². The molecule has 7 nitrogen and oxygen atoms in total. The fraction of sp³-hybridized carbons (Fsp3) is 0.650. The Morgan fingerprint density at radius 2 is 1.85 bits per heavy atom. The molecule has 1 aromatic heterocycles. The molecule has 3 N–H and O–H groups in total. The van der Waals surface area contributed by atoms with Crippen molar-refractivity contribution in [2.45, 2.75) is 69.1 Å². The minimum atomic E-state index is -0.738. The van der Waals surface area contributed by atoms with Crippen molar-refractivity contribution in [2.75, 3.05) is 18.8 Å². The summed E-state index contributed by atoms with van der Waals surface area (Å²) < 4.78 is 0. The Labute approximate surface area is 159 Å². The van der Waals surface area contributed by atoms with Gasteiger partial charge in [-0.25, -0.2) is 4.98 Å². The maximum Gasteiger partial charge on any atom is 0.273 e. The maximum atomic E-state index is 13.6. The number of carbonyl (C=O) groups is 2. The number of aliphatic hydroxyl groups excluding tert-OH is 1. The van der Waals surface area contributed by atoms with Crippen LogP contribution in [0.3, 0.4) is 0 Å². The SMILES string of the molecule is Nc1cccc(C(=O)N2CCCC23CCCN(C2CCC(O)CC2)C3=O)n1. The Balaban J connectivity index is 1.58. The van der Waals surface area contributed by atoms with Gasteiger partial charge in [-0.3, -0.25) is 9.59 Å². The van der Waals surface area contributed by atoms with Crippen molar-refractivity contribution in [2.24, 2.45) is 0 Å². The lowest BCUT2D eigenvalue weighted by Gasteiger charge is -2.48. The number of aliphatic hydroxyl groups is 1. The van der Waals surface area contributed by atoms with Gasteiger partial charge < -0.3 is 20.6 Å². The van der Waals surface area contributed by atoms with Crippen LogP contribution in [0.25, 0.3) is 0 Å². The number of nitrogen functional groups attached to an aromatic ring is 1. The van der Waals surface area contributed by atoms with E-state index in [2.05, 4.69) is 4.98 Å². The molecule has 1 saturated carbocycles. The zero-order valence-corrected chi connectivity index (χ0v) is 15.6. The Morgan fingerprint density at radius 1 is 1.15 bits per heavy atom. The average molecular weight is 372 g/mol. The number of anilines is 1. The summed E-state index contributed by atoms with van der Waals surface area (Å²) in [5.74, 6) is 0.199. The first kappa shape index (κ1) is 18.2. The zero-order valence-electron chi connectivity index (χ0n) is 15.6. The molecule has 0 radical (unpaired) electrons. The number of nitrogens with two attached hydrogens (primary N) is 1. The van der Waals surface area contributed by atoms with E-state index in [1.54, 1.807) is 23.1 Å². The lowest BCUT2D eigenvalue weighted by molar-refractivity contribution is -0.149. The molecule has 4 rings (SSSR count). The molecule has 0 bridgehead atoms. The second-order valence-electron chi connectivity index (χ2n) is 8.10. The largest absolute Gasteiger partial charge is 0.393 e. The number of likely N-dealkylation sites (tertiary alicyclic amines) is 2. The van der Waals surface area contributed by atoms with Gasteiger partial charge in [-0.1, -0.05) is 6.07 Å². The summed E-state index contributed by atoms with van der Waals surface area (Å²) in [6.45, 7) is 1.33. The third kappa shape index (κ3) is 3.18. The highest BCUT2D eigenvalue weighted by atomic mass is 16.3. The van der Waals surface area contributed by atoms with E-state index in [9.17, 15) is 14.7 Å². The molecular formula is C20H28N4O3. The highest BCUT2D eigenvalue weighted by Crippen LogP contribution is 2.41. The standard InChI is InChI=1S/C20H28N4O3/c21-17-5-1-4-16(22-17)18(26)24-13-3-11-20(24)10-2-12-23(19(20)27)14-6-8-15(25)9-7-14/h1,4-5,14-15,25H,2-3,6-13H2,(H2,21,22). The number of rotatable bonds is 2. The summed E-state index contributed by atoms with van der Waals surface area (Å²) in [5.41, 5.74) is 5.31. The second kappa shape index (κ2) is 7.11. The van der Waals surface area contributed by atoms with Crippen LogP contribution in [-0.2, 0) is 4.79 Å². The molecule has 1 spiro atoms. The lowest BCUT2D eigenvalue weighted by atomic mass is 9.82. The third-order valence-corrected chi connectivity index (χ3v) is 6.48. The molecule has 1 aromatic rings. The average Bonchev–Trinajstić information content (AvgIpc) is 3.09. The van der Waals surface area contributed by atoms with Crippen LogP contribution in [0.5, 0.6) is 0 Å². The van der Waals surface area contributed by atoms with Crippen molar-refractivity contribution < 1.29 is 14.7 Å². The molecular weight excluding hydrogens is 344 g/mol. The van der Waals surface area contributed by atoms with Crippen LogP contribution in [0, 0.1) is 0 Å². The maximum absolute atomic E-state index is 13.6. The van der Waals surface area contributed by atoms with Gasteiger partial charge >= 0.3 is 0 Å². The van der Waals surface area contributed by atoms with E-state index in [0.29, 0.717) is 30.9 Å². The molecule has 2 saturated heterocycles. The first-order chi connectivity index (χ1) is 13.0. The molecule has 3 fully saturated rings. The quantitative estimate of drug-likeness (QED) is 0.821. The van der Waals surface area contributed by atoms with Crippen molar-refractivity contribution in [1.82, 2.24) is 14.8 Å². The third-order valence-electron chi connectivity index (χ3n) is 6.48. The molecule has 2 aliphatic heterocycles. The van der Waals surface area contributed by atoms with Crippen molar-refractivity contribution in [3.05, 3.63) is 23.9 Å². The van der Waals surface area contributed by atoms with E-state index < -0.39 is 5.54 Å². The van der Waals surface area contributed by atoms with Crippen molar-refractivity contribution in [3.8, 4) is 0 Å². The Kier molecular flexibility index (Phi) is 4.80. The van der Waals surface area contributed by atoms with Crippen LogP contribution >= 0.6 is 0 Å². The fourth-order valence-corrected chi connectivity index (χ4v) is 5.10. The number of amides is 2. The van der Waals surface area contributed by atoms with Gasteiger partial charge in [0.25, 0.3) is 5.91 Å². The van der Waals surface area contributed by atoms with E-state index >= 15 is 0 Å². The summed E-state index contributed by atoms with van der Waals surface area (Å²) in [4.78, 5) is 34.6. The summed E-state index contributed by atoms with van der Waals surface area (Å²) in [5, 5.41) is 9.79. The molecule has 3 heterocycles. The van der Waals surface area contributed by atoms with Crippen LogP contribution in [0.4, 0.5) is 5.82 Å². The van der Waals surface area contributed by atoms with Crippen LogP contribution in [0.15, 0.2) is 18.2 Å². The number of nitrogens with zero attached hydrogens (tertiary/aromatic N) is 3. The predicted molar refractivity (Wildman–Crippen MR) is 101 cm³/mol.